The molecular formula is C32H37Cl2N3O5S. The van der Waals surface area contributed by atoms with E-state index in [4.69, 9.17) is 27.9 Å². The predicted octanol–water partition coefficient (Wildman–Crippen LogP) is 5.86. The first-order valence-corrected chi connectivity index (χ1v) is 16.8. The zero-order valence-electron chi connectivity index (χ0n) is 24.3. The van der Waals surface area contributed by atoms with E-state index >= 15 is 0 Å². The van der Waals surface area contributed by atoms with Crippen LogP contribution in [0, 0.1) is 0 Å². The summed E-state index contributed by atoms with van der Waals surface area (Å²) in [5.41, 5.74) is 1.80. The molecule has 3 aromatic carbocycles. The number of amides is 2. The number of halogens is 2. The van der Waals surface area contributed by atoms with Crippen molar-refractivity contribution in [3.05, 3.63) is 94.0 Å². The molecule has 0 saturated heterocycles. The number of anilines is 1. The molecular weight excluding hydrogens is 609 g/mol. The lowest BCUT2D eigenvalue weighted by atomic mass is 9.94. The predicted molar refractivity (Wildman–Crippen MR) is 171 cm³/mol. The second kappa shape index (κ2) is 14.9. The molecule has 0 spiro atoms. The Morgan fingerprint density at radius 3 is 2.28 bits per heavy atom. The largest absolute Gasteiger partial charge is 0.497 e. The molecule has 1 N–H and O–H groups in total. The topological polar surface area (TPSA) is 96.0 Å². The molecule has 0 bridgehead atoms. The fourth-order valence-corrected chi connectivity index (χ4v) is 6.45. The average molecular weight is 647 g/mol. The number of sulfonamides is 1. The summed E-state index contributed by atoms with van der Waals surface area (Å²) in [6.07, 6.45) is 6.24. The van der Waals surface area contributed by atoms with Crippen LogP contribution in [0.2, 0.25) is 10.0 Å². The number of rotatable bonds is 12. The molecule has 0 aliphatic heterocycles. The van der Waals surface area contributed by atoms with Crippen LogP contribution < -0.4 is 14.4 Å². The molecule has 4 rings (SSSR count). The van der Waals surface area contributed by atoms with Gasteiger partial charge in [-0.25, -0.2) is 8.42 Å². The molecule has 1 saturated carbocycles. The quantitative estimate of drug-likeness (QED) is 0.266. The molecule has 0 radical (unpaired) electrons. The number of carbonyl (C=O) groups is 2. The van der Waals surface area contributed by atoms with Crippen molar-refractivity contribution in [2.75, 3.05) is 24.2 Å². The summed E-state index contributed by atoms with van der Waals surface area (Å²) < 4.78 is 32.3. The van der Waals surface area contributed by atoms with Crippen LogP contribution in [0.1, 0.15) is 43.2 Å². The van der Waals surface area contributed by atoms with Gasteiger partial charge in [0.2, 0.25) is 21.8 Å². The van der Waals surface area contributed by atoms with Gasteiger partial charge >= 0.3 is 0 Å². The van der Waals surface area contributed by atoms with Gasteiger partial charge in [0.25, 0.3) is 0 Å². The maximum atomic E-state index is 14.3. The molecule has 1 aliphatic carbocycles. The van der Waals surface area contributed by atoms with E-state index < -0.39 is 28.5 Å². The van der Waals surface area contributed by atoms with Gasteiger partial charge in [-0.05, 0) is 54.3 Å². The highest BCUT2D eigenvalue weighted by molar-refractivity contribution is 7.92. The van der Waals surface area contributed by atoms with E-state index in [0.717, 1.165) is 53.8 Å². The van der Waals surface area contributed by atoms with E-state index in [-0.39, 0.29) is 40.6 Å². The van der Waals surface area contributed by atoms with Crippen LogP contribution in [0.4, 0.5) is 5.69 Å². The molecule has 2 amide bonds. The highest BCUT2D eigenvalue weighted by atomic mass is 35.5. The summed E-state index contributed by atoms with van der Waals surface area (Å²) in [5.74, 6) is -0.212. The lowest BCUT2D eigenvalue weighted by Gasteiger charge is -2.35. The van der Waals surface area contributed by atoms with Crippen LogP contribution in [0.3, 0.4) is 0 Å². The fourth-order valence-electron chi connectivity index (χ4n) is 5.32. The van der Waals surface area contributed by atoms with Gasteiger partial charge in [-0.3, -0.25) is 13.9 Å². The summed E-state index contributed by atoms with van der Waals surface area (Å²) in [6.45, 7) is -0.479. The fraction of sp³-hybridized carbons (Fsp3) is 0.375. The Hall–Kier alpha value is -3.27. The van der Waals surface area contributed by atoms with Crippen molar-refractivity contribution in [1.29, 1.82) is 0 Å². The minimum atomic E-state index is -3.92. The molecule has 230 valence electrons. The summed E-state index contributed by atoms with van der Waals surface area (Å²) in [4.78, 5) is 29.7. The molecule has 43 heavy (non-hydrogen) atoms. The Labute approximate surface area is 264 Å². The summed E-state index contributed by atoms with van der Waals surface area (Å²) in [6, 6.07) is 20.2. The van der Waals surface area contributed by atoms with Crippen molar-refractivity contribution >= 4 is 50.7 Å². The first kappa shape index (κ1) is 32.6. The molecule has 1 fully saturated rings. The van der Waals surface area contributed by atoms with Gasteiger partial charge in [0.15, 0.2) is 0 Å². The molecule has 0 heterocycles. The Morgan fingerprint density at radius 2 is 1.63 bits per heavy atom. The molecule has 0 unspecified atom stereocenters. The van der Waals surface area contributed by atoms with Crippen LogP contribution in [0.15, 0.2) is 72.8 Å². The number of nitrogens with zero attached hydrogens (tertiary/aromatic N) is 2. The minimum absolute atomic E-state index is 0.0250. The van der Waals surface area contributed by atoms with Gasteiger partial charge in [0.05, 0.1) is 29.1 Å². The van der Waals surface area contributed by atoms with Gasteiger partial charge in [-0.1, -0.05) is 84.9 Å². The van der Waals surface area contributed by atoms with Crippen molar-refractivity contribution in [1.82, 2.24) is 10.2 Å². The number of carbonyl (C=O) groups excluding carboxylic acids is 2. The van der Waals surface area contributed by atoms with E-state index in [0.29, 0.717) is 5.75 Å². The van der Waals surface area contributed by atoms with Crippen molar-refractivity contribution in [2.24, 2.45) is 0 Å². The van der Waals surface area contributed by atoms with Crippen LogP contribution in [0.5, 0.6) is 5.75 Å². The van der Waals surface area contributed by atoms with Crippen molar-refractivity contribution in [3.63, 3.8) is 0 Å². The zero-order valence-corrected chi connectivity index (χ0v) is 26.7. The number of hydrogen-bond donors (Lipinski definition) is 1. The van der Waals surface area contributed by atoms with Gasteiger partial charge < -0.3 is 15.0 Å². The standard InChI is InChI=1S/C32H37Cl2N3O5S/c1-42-27-15-9-12-24(18-27)21-36(31(38)22-37(43(2,40)41)26-16-17-28(33)29(34)20-26)30(19-23-10-5-3-6-11-23)32(39)35-25-13-7-4-8-14-25/h3,5-6,9-12,15-18,20,25,30H,4,7-8,13-14,19,21-22H2,1-2H3,(H,35,39)/t30-/m1/s1. The Morgan fingerprint density at radius 1 is 0.930 bits per heavy atom. The number of benzene rings is 3. The minimum Gasteiger partial charge on any atom is -0.497 e. The third kappa shape index (κ3) is 9.11. The number of hydrogen-bond acceptors (Lipinski definition) is 5. The Balaban J connectivity index is 1.74. The smallest absolute Gasteiger partial charge is 0.244 e. The monoisotopic (exact) mass is 645 g/mol. The molecule has 11 heteroatoms. The van der Waals surface area contributed by atoms with Gasteiger partial charge in [0, 0.05) is 19.0 Å². The normalized spacial score (nSPS) is 14.5. The van der Waals surface area contributed by atoms with Crippen LogP contribution in [0.25, 0.3) is 0 Å². The highest BCUT2D eigenvalue weighted by Crippen LogP contribution is 2.29. The molecule has 8 nitrogen and oxygen atoms in total. The van der Waals surface area contributed by atoms with Crippen molar-refractivity contribution in [2.45, 2.75) is 57.2 Å². The van der Waals surface area contributed by atoms with Gasteiger partial charge in [-0.15, -0.1) is 0 Å². The number of nitrogens with one attached hydrogen (secondary N) is 1. The molecule has 3 aromatic rings. The number of ether oxygens (including phenoxy) is 1. The lowest BCUT2D eigenvalue weighted by molar-refractivity contribution is -0.140. The molecule has 1 atom stereocenters. The Kier molecular flexibility index (Phi) is 11.3. The third-order valence-corrected chi connectivity index (χ3v) is 9.46. The summed E-state index contributed by atoms with van der Waals surface area (Å²) >= 11 is 12.3. The van der Waals surface area contributed by atoms with E-state index in [2.05, 4.69) is 5.32 Å². The first-order chi connectivity index (χ1) is 20.5. The van der Waals surface area contributed by atoms with Crippen molar-refractivity contribution < 1.29 is 22.7 Å². The van der Waals surface area contributed by atoms with Crippen LogP contribution >= 0.6 is 23.2 Å². The molecule has 0 aromatic heterocycles. The van der Waals surface area contributed by atoms with E-state index in [1.54, 1.807) is 19.2 Å². The first-order valence-electron chi connectivity index (χ1n) is 14.2. The van der Waals surface area contributed by atoms with Gasteiger partial charge in [-0.2, -0.15) is 0 Å². The Bertz CT molecular complexity index is 1510. The van der Waals surface area contributed by atoms with Crippen LogP contribution in [-0.2, 0) is 32.6 Å². The van der Waals surface area contributed by atoms with Crippen molar-refractivity contribution in [3.8, 4) is 5.75 Å². The maximum absolute atomic E-state index is 14.3. The van der Waals surface area contributed by atoms with Gasteiger partial charge in [0.1, 0.15) is 18.3 Å². The average Bonchev–Trinajstić information content (AvgIpc) is 2.99. The summed E-state index contributed by atoms with van der Waals surface area (Å²) in [7, 11) is -2.37. The number of methoxy groups -OCH3 is 1. The molecule has 1 aliphatic rings. The second-order valence-electron chi connectivity index (χ2n) is 10.8. The van der Waals surface area contributed by atoms with Crippen LogP contribution in [-0.4, -0.2) is 57.1 Å². The highest BCUT2D eigenvalue weighted by Gasteiger charge is 2.34. The zero-order chi connectivity index (χ0) is 31.0. The van der Waals surface area contributed by atoms with E-state index in [9.17, 15) is 18.0 Å². The van der Waals surface area contributed by atoms with E-state index in [1.807, 2.05) is 42.5 Å². The third-order valence-electron chi connectivity index (χ3n) is 7.58. The summed E-state index contributed by atoms with van der Waals surface area (Å²) in [5, 5.41) is 3.60. The van der Waals surface area contributed by atoms with E-state index in [1.165, 1.54) is 23.1 Å². The SMILES string of the molecule is COc1cccc(CN(C(=O)CN(c2ccc(Cl)c(Cl)c2)S(C)(=O)=O)[C@H](Cc2ccccc2)C(=O)NC2CCCCC2)c1. The lowest BCUT2D eigenvalue weighted by Crippen LogP contribution is -2.55. The maximum Gasteiger partial charge on any atom is 0.244 e. The second-order valence-corrected chi connectivity index (χ2v) is 13.5.